The van der Waals surface area contributed by atoms with E-state index in [1.54, 1.807) is 0 Å². The molecule has 2 aliphatic rings. The smallest absolute Gasteiger partial charge is 0.227 e. The van der Waals surface area contributed by atoms with Crippen molar-refractivity contribution in [3.8, 4) is 0 Å². The van der Waals surface area contributed by atoms with Gasteiger partial charge in [-0.2, -0.15) is 0 Å². The summed E-state index contributed by atoms with van der Waals surface area (Å²) >= 11 is 0. The van der Waals surface area contributed by atoms with Crippen LogP contribution in [0.5, 0.6) is 0 Å². The zero-order valence-electron chi connectivity index (χ0n) is 10.1. The average molecular weight is 226 g/mol. The van der Waals surface area contributed by atoms with E-state index in [2.05, 4.69) is 12.2 Å². The van der Waals surface area contributed by atoms with Crippen LogP contribution in [-0.2, 0) is 9.53 Å². The summed E-state index contributed by atoms with van der Waals surface area (Å²) in [5.41, 5.74) is 0. The first-order chi connectivity index (χ1) is 7.83. The van der Waals surface area contributed by atoms with Crippen molar-refractivity contribution in [3.63, 3.8) is 0 Å². The molecule has 1 N–H and O–H groups in total. The number of piperidine rings is 1. The average Bonchev–Trinajstić information content (AvgIpc) is 2.39. The number of amides is 1. The third-order valence-corrected chi connectivity index (χ3v) is 3.63. The Morgan fingerprint density at radius 1 is 1.56 bits per heavy atom. The Bertz CT molecular complexity index is 239. The van der Waals surface area contributed by atoms with Gasteiger partial charge in [-0.15, -0.1) is 0 Å². The molecule has 16 heavy (non-hydrogen) atoms. The molecule has 0 saturated carbocycles. The maximum atomic E-state index is 12.4. The summed E-state index contributed by atoms with van der Waals surface area (Å²) in [4.78, 5) is 14.4. The highest BCUT2D eigenvalue weighted by Crippen LogP contribution is 2.18. The van der Waals surface area contributed by atoms with Gasteiger partial charge < -0.3 is 15.0 Å². The predicted octanol–water partition coefficient (Wildman–Crippen LogP) is 0.623. The number of nitrogens with one attached hydrogen (secondary N) is 1. The molecule has 4 nitrogen and oxygen atoms in total. The van der Waals surface area contributed by atoms with E-state index in [1.807, 2.05) is 4.90 Å². The molecule has 1 amide bonds. The number of hydrogen-bond acceptors (Lipinski definition) is 3. The van der Waals surface area contributed by atoms with Crippen LogP contribution in [0.3, 0.4) is 0 Å². The standard InChI is InChI=1S/C12H22N2O2/c1-2-11-9-16-7-6-14(11)12(15)10-4-3-5-13-8-10/h10-11,13H,2-9H2,1H3/t10-,11?/m1/s1. The van der Waals surface area contributed by atoms with Gasteiger partial charge in [0, 0.05) is 13.1 Å². The largest absolute Gasteiger partial charge is 0.377 e. The number of carbonyl (C=O) groups is 1. The molecule has 4 heteroatoms. The van der Waals surface area contributed by atoms with Crippen molar-refractivity contribution >= 4 is 5.91 Å². The van der Waals surface area contributed by atoms with Crippen LogP contribution >= 0.6 is 0 Å². The first kappa shape index (κ1) is 11.9. The van der Waals surface area contributed by atoms with Crippen molar-refractivity contribution in [3.05, 3.63) is 0 Å². The van der Waals surface area contributed by atoms with Crippen molar-refractivity contribution < 1.29 is 9.53 Å². The fraction of sp³-hybridized carbons (Fsp3) is 0.917. The second-order valence-corrected chi connectivity index (χ2v) is 4.71. The van der Waals surface area contributed by atoms with Crippen molar-refractivity contribution in [2.45, 2.75) is 32.2 Å². The lowest BCUT2D eigenvalue weighted by molar-refractivity contribution is -0.145. The minimum absolute atomic E-state index is 0.195. The van der Waals surface area contributed by atoms with Crippen LogP contribution in [0.15, 0.2) is 0 Å². The van der Waals surface area contributed by atoms with Gasteiger partial charge in [0.2, 0.25) is 5.91 Å². The molecule has 0 aliphatic carbocycles. The predicted molar refractivity (Wildman–Crippen MR) is 62.2 cm³/mol. The number of rotatable bonds is 2. The Balaban J connectivity index is 1.95. The Morgan fingerprint density at radius 2 is 2.44 bits per heavy atom. The zero-order valence-corrected chi connectivity index (χ0v) is 10.1. The Hall–Kier alpha value is -0.610. The highest BCUT2D eigenvalue weighted by atomic mass is 16.5. The van der Waals surface area contributed by atoms with Gasteiger partial charge in [0.15, 0.2) is 0 Å². The molecule has 1 unspecified atom stereocenters. The van der Waals surface area contributed by atoms with E-state index in [-0.39, 0.29) is 5.92 Å². The van der Waals surface area contributed by atoms with E-state index in [9.17, 15) is 4.79 Å². The number of ether oxygens (including phenoxy) is 1. The lowest BCUT2D eigenvalue weighted by Gasteiger charge is -2.38. The van der Waals surface area contributed by atoms with Crippen molar-refractivity contribution in [1.29, 1.82) is 0 Å². The van der Waals surface area contributed by atoms with Crippen LogP contribution in [-0.4, -0.2) is 49.7 Å². The molecular formula is C12H22N2O2. The molecule has 2 heterocycles. The number of nitrogens with zero attached hydrogens (tertiary/aromatic N) is 1. The van der Waals surface area contributed by atoms with E-state index in [1.165, 1.54) is 0 Å². The maximum absolute atomic E-state index is 12.4. The highest BCUT2D eigenvalue weighted by Gasteiger charge is 2.31. The molecule has 2 aliphatic heterocycles. The number of carbonyl (C=O) groups excluding carboxylic acids is 1. The van der Waals surface area contributed by atoms with Crippen LogP contribution in [0.1, 0.15) is 26.2 Å². The van der Waals surface area contributed by atoms with Gasteiger partial charge in [-0.25, -0.2) is 0 Å². The van der Waals surface area contributed by atoms with Gasteiger partial charge in [0.1, 0.15) is 0 Å². The molecule has 0 spiro atoms. The molecule has 0 radical (unpaired) electrons. The summed E-state index contributed by atoms with van der Waals surface area (Å²) in [6.45, 7) is 6.22. The fourth-order valence-electron chi connectivity index (χ4n) is 2.58. The van der Waals surface area contributed by atoms with Gasteiger partial charge in [-0.05, 0) is 25.8 Å². The molecular weight excluding hydrogens is 204 g/mol. The van der Waals surface area contributed by atoms with E-state index in [4.69, 9.17) is 4.74 Å². The van der Waals surface area contributed by atoms with Gasteiger partial charge >= 0.3 is 0 Å². The molecule has 2 atom stereocenters. The normalized spacial score (nSPS) is 31.4. The first-order valence-electron chi connectivity index (χ1n) is 6.42. The quantitative estimate of drug-likeness (QED) is 0.750. The summed E-state index contributed by atoms with van der Waals surface area (Å²) in [5.74, 6) is 0.531. The van der Waals surface area contributed by atoms with Gasteiger partial charge in [-0.3, -0.25) is 4.79 Å². The van der Waals surface area contributed by atoms with Gasteiger partial charge in [-0.1, -0.05) is 6.92 Å². The van der Waals surface area contributed by atoms with Crippen LogP contribution in [0.25, 0.3) is 0 Å². The number of morpholine rings is 1. The lowest BCUT2D eigenvalue weighted by atomic mass is 9.97. The molecule has 0 bridgehead atoms. The molecule has 2 rings (SSSR count). The first-order valence-corrected chi connectivity index (χ1v) is 6.42. The minimum atomic E-state index is 0.195. The summed E-state index contributed by atoms with van der Waals surface area (Å²) in [6.07, 6.45) is 3.16. The highest BCUT2D eigenvalue weighted by molar-refractivity contribution is 5.79. The summed E-state index contributed by atoms with van der Waals surface area (Å²) < 4.78 is 5.43. The molecule has 92 valence electrons. The fourth-order valence-corrected chi connectivity index (χ4v) is 2.58. The molecule has 2 fully saturated rings. The van der Waals surface area contributed by atoms with E-state index < -0.39 is 0 Å². The van der Waals surface area contributed by atoms with Crippen LogP contribution in [0, 0.1) is 5.92 Å². The van der Waals surface area contributed by atoms with Crippen LogP contribution in [0.2, 0.25) is 0 Å². The van der Waals surface area contributed by atoms with E-state index in [0.29, 0.717) is 25.2 Å². The summed E-state index contributed by atoms with van der Waals surface area (Å²) in [7, 11) is 0. The lowest BCUT2D eigenvalue weighted by Crippen LogP contribution is -2.52. The third kappa shape index (κ3) is 2.55. The van der Waals surface area contributed by atoms with Gasteiger partial charge in [0.25, 0.3) is 0 Å². The minimum Gasteiger partial charge on any atom is -0.377 e. The van der Waals surface area contributed by atoms with E-state index >= 15 is 0 Å². The number of hydrogen-bond donors (Lipinski definition) is 1. The van der Waals surface area contributed by atoms with Gasteiger partial charge in [0.05, 0.1) is 25.2 Å². The summed E-state index contributed by atoms with van der Waals surface area (Å²) in [5, 5.41) is 3.31. The molecule has 0 aromatic carbocycles. The van der Waals surface area contributed by atoms with Crippen LogP contribution in [0.4, 0.5) is 0 Å². The maximum Gasteiger partial charge on any atom is 0.227 e. The molecule has 2 saturated heterocycles. The second kappa shape index (κ2) is 5.64. The topological polar surface area (TPSA) is 41.6 Å². The second-order valence-electron chi connectivity index (χ2n) is 4.71. The van der Waals surface area contributed by atoms with Crippen molar-refractivity contribution in [1.82, 2.24) is 10.2 Å². The van der Waals surface area contributed by atoms with Crippen molar-refractivity contribution in [2.24, 2.45) is 5.92 Å². The third-order valence-electron chi connectivity index (χ3n) is 3.63. The van der Waals surface area contributed by atoms with Crippen molar-refractivity contribution in [2.75, 3.05) is 32.8 Å². The molecule has 0 aromatic heterocycles. The Labute approximate surface area is 97.3 Å². The summed E-state index contributed by atoms with van der Waals surface area (Å²) in [6, 6.07) is 0.295. The zero-order chi connectivity index (χ0) is 11.4. The van der Waals surface area contributed by atoms with E-state index in [0.717, 1.165) is 38.9 Å². The van der Waals surface area contributed by atoms with Crippen LogP contribution < -0.4 is 5.32 Å². The Morgan fingerprint density at radius 3 is 3.12 bits per heavy atom. The molecule has 0 aromatic rings. The SMILES string of the molecule is CCC1COCCN1C(=O)[C@@H]1CCCNC1. The monoisotopic (exact) mass is 226 g/mol. The Kier molecular flexibility index (Phi) is 4.18.